The predicted molar refractivity (Wildman–Crippen MR) is 100 cm³/mol. The monoisotopic (exact) mass is 349 g/mol. The van der Waals surface area contributed by atoms with E-state index in [1.807, 2.05) is 12.2 Å². The van der Waals surface area contributed by atoms with Gasteiger partial charge in [-0.05, 0) is 59.7 Å². The van der Waals surface area contributed by atoms with Crippen LogP contribution < -0.4 is 5.32 Å². The smallest absolute Gasteiger partial charge is 0.337 e. The van der Waals surface area contributed by atoms with E-state index < -0.39 is 5.97 Å². The second-order valence-corrected chi connectivity index (χ2v) is 5.67. The molecule has 3 rings (SSSR count). The molecule has 130 valence electrons. The Morgan fingerprint density at radius 2 is 1.50 bits per heavy atom. The van der Waals surface area contributed by atoms with E-state index in [1.54, 1.807) is 48.5 Å². The van der Waals surface area contributed by atoms with E-state index >= 15 is 0 Å². The maximum atomic E-state index is 13.0. The Hall–Kier alpha value is -3.60. The number of carboxylic acid groups (broad SMARTS) is 1. The van der Waals surface area contributed by atoms with Gasteiger partial charge in [0.15, 0.2) is 0 Å². The summed E-state index contributed by atoms with van der Waals surface area (Å²) in [5.74, 6) is -1.22. The first kappa shape index (κ1) is 17.2. The fourth-order valence-corrected chi connectivity index (χ4v) is 2.42. The lowest BCUT2D eigenvalue weighted by atomic mass is 10.1. The van der Waals surface area contributed by atoms with E-state index in [0.29, 0.717) is 11.4 Å². The maximum absolute atomic E-state index is 13.0. The molecule has 0 heterocycles. The first-order valence-corrected chi connectivity index (χ1v) is 7.88. The summed E-state index contributed by atoms with van der Waals surface area (Å²) >= 11 is 0. The molecule has 4 nitrogen and oxygen atoms in total. The summed E-state index contributed by atoms with van der Waals surface area (Å²) in [5, 5.41) is 21.7. The van der Waals surface area contributed by atoms with Crippen LogP contribution >= 0.6 is 0 Å². The number of phenols is 1. The highest BCUT2D eigenvalue weighted by Gasteiger charge is 2.10. The van der Waals surface area contributed by atoms with Crippen molar-refractivity contribution in [2.24, 2.45) is 0 Å². The fourth-order valence-electron chi connectivity index (χ4n) is 2.42. The van der Waals surface area contributed by atoms with E-state index in [4.69, 9.17) is 0 Å². The lowest BCUT2D eigenvalue weighted by molar-refractivity contribution is 0.0698. The van der Waals surface area contributed by atoms with E-state index in [2.05, 4.69) is 5.32 Å². The molecule has 0 aliphatic rings. The van der Waals surface area contributed by atoms with Crippen molar-refractivity contribution in [3.05, 3.63) is 89.2 Å². The van der Waals surface area contributed by atoms with Gasteiger partial charge in [-0.3, -0.25) is 0 Å². The SMILES string of the molecule is O=C(O)c1ccc(/C=C/c2ccc(O)cc2)cc1Nc1ccc(F)cc1. The average Bonchev–Trinajstić information content (AvgIpc) is 2.63. The van der Waals surface area contributed by atoms with Crippen LogP contribution in [0.3, 0.4) is 0 Å². The fraction of sp³-hybridized carbons (Fsp3) is 0. The minimum Gasteiger partial charge on any atom is -0.508 e. The minimum absolute atomic E-state index is 0.121. The van der Waals surface area contributed by atoms with Crippen molar-refractivity contribution in [1.82, 2.24) is 0 Å². The quantitative estimate of drug-likeness (QED) is 0.558. The summed E-state index contributed by atoms with van der Waals surface area (Å²) in [7, 11) is 0. The highest BCUT2D eigenvalue weighted by atomic mass is 19.1. The number of carboxylic acids is 1. The Bertz CT molecular complexity index is 948. The zero-order chi connectivity index (χ0) is 18.5. The van der Waals surface area contributed by atoms with Crippen LogP contribution in [0.25, 0.3) is 12.2 Å². The van der Waals surface area contributed by atoms with E-state index in [-0.39, 0.29) is 17.1 Å². The van der Waals surface area contributed by atoms with Crippen molar-refractivity contribution in [3.63, 3.8) is 0 Å². The van der Waals surface area contributed by atoms with Crippen molar-refractivity contribution in [2.45, 2.75) is 0 Å². The molecule has 0 aliphatic carbocycles. The number of aromatic carboxylic acids is 1. The third-order valence-electron chi connectivity index (χ3n) is 3.76. The van der Waals surface area contributed by atoms with Gasteiger partial charge in [-0.2, -0.15) is 0 Å². The van der Waals surface area contributed by atoms with Gasteiger partial charge in [-0.1, -0.05) is 30.4 Å². The lowest BCUT2D eigenvalue weighted by Crippen LogP contribution is -2.03. The normalized spacial score (nSPS) is 10.8. The number of benzene rings is 3. The summed E-state index contributed by atoms with van der Waals surface area (Å²) in [4.78, 5) is 11.4. The summed E-state index contributed by atoms with van der Waals surface area (Å²) in [6.07, 6.45) is 3.70. The van der Waals surface area contributed by atoms with Crippen LogP contribution in [0.5, 0.6) is 5.75 Å². The first-order valence-electron chi connectivity index (χ1n) is 7.88. The van der Waals surface area contributed by atoms with E-state index in [9.17, 15) is 19.4 Å². The van der Waals surface area contributed by atoms with Gasteiger partial charge >= 0.3 is 5.97 Å². The number of hydrogen-bond acceptors (Lipinski definition) is 3. The molecule has 0 saturated heterocycles. The van der Waals surface area contributed by atoms with Crippen LogP contribution in [0.1, 0.15) is 21.5 Å². The molecule has 0 unspecified atom stereocenters. The minimum atomic E-state index is -1.05. The van der Waals surface area contributed by atoms with Gasteiger partial charge in [0.05, 0.1) is 11.3 Å². The lowest BCUT2D eigenvalue weighted by Gasteiger charge is -2.11. The summed E-state index contributed by atoms with van der Waals surface area (Å²) < 4.78 is 13.0. The Morgan fingerprint density at radius 1 is 0.885 bits per heavy atom. The molecule has 3 aromatic rings. The number of rotatable bonds is 5. The summed E-state index contributed by atoms with van der Waals surface area (Å²) in [6.45, 7) is 0. The molecule has 3 N–H and O–H groups in total. The maximum Gasteiger partial charge on any atom is 0.337 e. The highest BCUT2D eigenvalue weighted by molar-refractivity contribution is 5.96. The third kappa shape index (κ3) is 4.27. The number of hydrogen-bond donors (Lipinski definition) is 3. The van der Waals surface area contributed by atoms with Crippen LogP contribution in [0.4, 0.5) is 15.8 Å². The van der Waals surface area contributed by atoms with Crippen LogP contribution in [-0.2, 0) is 0 Å². The molecule has 0 bridgehead atoms. The molecular weight excluding hydrogens is 333 g/mol. The molecule has 26 heavy (non-hydrogen) atoms. The Labute approximate surface area is 149 Å². The molecule has 0 fully saturated rings. The first-order chi connectivity index (χ1) is 12.5. The number of aromatic hydroxyl groups is 1. The average molecular weight is 349 g/mol. The van der Waals surface area contributed by atoms with E-state index in [0.717, 1.165) is 11.1 Å². The van der Waals surface area contributed by atoms with Crippen LogP contribution in [0.15, 0.2) is 66.7 Å². The van der Waals surface area contributed by atoms with Gasteiger partial charge in [-0.15, -0.1) is 0 Å². The number of anilines is 2. The number of nitrogens with one attached hydrogen (secondary N) is 1. The van der Waals surface area contributed by atoms with Gasteiger partial charge in [0.25, 0.3) is 0 Å². The van der Waals surface area contributed by atoms with Gasteiger partial charge in [0.1, 0.15) is 11.6 Å². The molecule has 5 heteroatoms. The second-order valence-electron chi connectivity index (χ2n) is 5.67. The van der Waals surface area contributed by atoms with E-state index in [1.165, 1.54) is 18.2 Å². The zero-order valence-electron chi connectivity index (χ0n) is 13.7. The largest absolute Gasteiger partial charge is 0.508 e. The Morgan fingerprint density at radius 3 is 2.15 bits per heavy atom. The molecule has 0 aromatic heterocycles. The molecular formula is C21H16FNO3. The summed E-state index contributed by atoms with van der Waals surface area (Å²) in [5.41, 5.74) is 2.83. The number of halogens is 1. The van der Waals surface area contributed by atoms with Crippen molar-refractivity contribution in [1.29, 1.82) is 0 Å². The predicted octanol–water partition coefficient (Wildman–Crippen LogP) is 5.14. The molecule has 0 amide bonds. The molecule has 0 radical (unpaired) electrons. The zero-order valence-corrected chi connectivity index (χ0v) is 13.7. The van der Waals surface area contributed by atoms with Gasteiger partial charge in [0, 0.05) is 5.69 Å². The molecule has 0 atom stereocenters. The van der Waals surface area contributed by atoms with Crippen molar-refractivity contribution in [3.8, 4) is 5.75 Å². The van der Waals surface area contributed by atoms with Gasteiger partial charge in [0.2, 0.25) is 0 Å². The Balaban J connectivity index is 1.89. The van der Waals surface area contributed by atoms with Crippen LogP contribution in [0.2, 0.25) is 0 Å². The van der Waals surface area contributed by atoms with Gasteiger partial charge in [-0.25, -0.2) is 9.18 Å². The number of phenolic OH excluding ortho intramolecular Hbond substituents is 1. The van der Waals surface area contributed by atoms with Crippen molar-refractivity contribution < 1.29 is 19.4 Å². The standard InChI is InChI=1S/C21H16FNO3/c22-16-6-8-17(9-7-16)23-20-13-15(5-12-19(20)21(25)26)2-1-14-3-10-18(24)11-4-14/h1-13,23-24H,(H,25,26)/b2-1+. The van der Waals surface area contributed by atoms with Crippen LogP contribution in [-0.4, -0.2) is 16.2 Å². The highest BCUT2D eigenvalue weighted by Crippen LogP contribution is 2.24. The second kappa shape index (κ2) is 7.53. The molecule has 0 spiro atoms. The van der Waals surface area contributed by atoms with Crippen LogP contribution in [0, 0.1) is 5.82 Å². The Kier molecular flexibility index (Phi) is 4.99. The van der Waals surface area contributed by atoms with Crippen molar-refractivity contribution >= 4 is 29.5 Å². The van der Waals surface area contributed by atoms with Gasteiger partial charge < -0.3 is 15.5 Å². The molecule has 3 aromatic carbocycles. The summed E-state index contributed by atoms with van der Waals surface area (Å²) in [6, 6.07) is 17.4. The van der Waals surface area contributed by atoms with Crippen molar-refractivity contribution in [2.75, 3.05) is 5.32 Å². The number of carbonyl (C=O) groups is 1. The third-order valence-corrected chi connectivity index (χ3v) is 3.76. The molecule has 0 aliphatic heterocycles. The topological polar surface area (TPSA) is 69.6 Å². The molecule has 0 saturated carbocycles.